The Labute approximate surface area is 97.2 Å². The molecule has 0 aliphatic heterocycles. The minimum atomic E-state index is -4.40. The highest BCUT2D eigenvalue weighted by atomic mass is 32.2. The Morgan fingerprint density at radius 1 is 1.00 bits per heavy atom. The summed E-state index contributed by atoms with van der Waals surface area (Å²) >= 11 is 0. The Hall–Kier alpha value is -0.870. The molecular formula is C12H17O3S-. The van der Waals surface area contributed by atoms with Gasteiger partial charge in [-0.2, -0.15) is 0 Å². The first kappa shape index (κ1) is 13.2. The van der Waals surface area contributed by atoms with E-state index in [9.17, 15) is 13.0 Å². The second-order valence-corrected chi connectivity index (χ2v) is 5.85. The molecule has 0 amide bonds. The van der Waals surface area contributed by atoms with E-state index in [1.165, 1.54) is 0 Å². The Bertz CT molecular complexity index is 447. The van der Waals surface area contributed by atoms with Crippen molar-refractivity contribution in [3.63, 3.8) is 0 Å². The van der Waals surface area contributed by atoms with Gasteiger partial charge in [-0.05, 0) is 23.0 Å². The van der Waals surface area contributed by atoms with Gasteiger partial charge in [0.1, 0.15) is 10.1 Å². The van der Waals surface area contributed by atoms with Gasteiger partial charge in [0.25, 0.3) is 0 Å². The molecule has 3 nitrogen and oxygen atoms in total. The molecule has 1 aromatic rings. The van der Waals surface area contributed by atoms with Gasteiger partial charge in [-0.15, -0.1) is 0 Å². The summed E-state index contributed by atoms with van der Waals surface area (Å²) in [7, 11) is -4.40. The van der Waals surface area contributed by atoms with E-state index in [4.69, 9.17) is 0 Å². The number of hydrogen-bond donors (Lipinski definition) is 0. The van der Waals surface area contributed by atoms with Crippen LogP contribution in [0.25, 0.3) is 0 Å². The van der Waals surface area contributed by atoms with Crippen molar-refractivity contribution in [2.24, 2.45) is 0 Å². The minimum Gasteiger partial charge on any atom is -0.744 e. The fourth-order valence-electron chi connectivity index (χ4n) is 1.77. The Kier molecular flexibility index (Phi) is 3.76. The summed E-state index contributed by atoms with van der Waals surface area (Å²) in [5.41, 5.74) is 1.22. The predicted molar refractivity (Wildman–Crippen MR) is 62.6 cm³/mol. The molecular weight excluding hydrogens is 224 g/mol. The molecule has 0 N–H and O–H groups in total. The lowest BCUT2D eigenvalue weighted by molar-refractivity contribution is 0.459. The first-order valence-corrected chi connectivity index (χ1v) is 6.74. The van der Waals surface area contributed by atoms with Crippen LogP contribution in [-0.2, 0) is 10.1 Å². The second-order valence-electron chi connectivity index (χ2n) is 4.53. The molecule has 0 saturated carbocycles. The molecule has 90 valence electrons. The third kappa shape index (κ3) is 2.62. The molecule has 0 spiro atoms. The van der Waals surface area contributed by atoms with Crippen LogP contribution >= 0.6 is 0 Å². The van der Waals surface area contributed by atoms with Gasteiger partial charge < -0.3 is 4.55 Å². The molecule has 1 rings (SSSR count). The molecule has 0 radical (unpaired) electrons. The molecule has 0 aliphatic carbocycles. The summed E-state index contributed by atoms with van der Waals surface area (Å²) in [6.45, 7) is 7.53. The third-order valence-electron chi connectivity index (χ3n) is 2.57. The maximum atomic E-state index is 11.3. The lowest BCUT2D eigenvalue weighted by Crippen LogP contribution is -2.09. The zero-order chi connectivity index (χ0) is 12.5. The van der Waals surface area contributed by atoms with Crippen LogP contribution in [0.15, 0.2) is 23.1 Å². The van der Waals surface area contributed by atoms with Crippen LogP contribution in [0.4, 0.5) is 0 Å². The van der Waals surface area contributed by atoms with Gasteiger partial charge in [0.05, 0.1) is 4.90 Å². The molecule has 1 aromatic carbocycles. The monoisotopic (exact) mass is 241 g/mol. The zero-order valence-electron chi connectivity index (χ0n) is 10.0. The molecule has 4 heteroatoms. The molecule has 0 aliphatic rings. The fourth-order valence-corrected chi connectivity index (χ4v) is 2.96. The fraction of sp³-hybridized carbons (Fsp3) is 0.500. The third-order valence-corrected chi connectivity index (χ3v) is 3.54. The van der Waals surface area contributed by atoms with E-state index >= 15 is 0 Å². The summed E-state index contributed by atoms with van der Waals surface area (Å²) in [6.07, 6.45) is 0. The molecule has 0 heterocycles. The van der Waals surface area contributed by atoms with E-state index in [0.717, 1.165) is 0 Å². The van der Waals surface area contributed by atoms with Crippen molar-refractivity contribution >= 4 is 10.1 Å². The van der Waals surface area contributed by atoms with Gasteiger partial charge in [-0.1, -0.05) is 45.9 Å². The summed E-state index contributed by atoms with van der Waals surface area (Å²) in [5, 5.41) is 0. The van der Waals surface area contributed by atoms with E-state index in [2.05, 4.69) is 0 Å². The van der Waals surface area contributed by atoms with E-state index in [1.54, 1.807) is 18.2 Å². The maximum Gasteiger partial charge on any atom is 0.124 e. The van der Waals surface area contributed by atoms with Crippen LogP contribution in [0.2, 0.25) is 0 Å². The first-order chi connectivity index (χ1) is 7.25. The highest BCUT2D eigenvalue weighted by Gasteiger charge is 2.18. The Balaban J connectivity index is 3.61. The van der Waals surface area contributed by atoms with Crippen LogP contribution in [0.1, 0.15) is 50.7 Å². The van der Waals surface area contributed by atoms with Gasteiger partial charge in [-0.25, -0.2) is 8.42 Å². The summed E-state index contributed by atoms with van der Waals surface area (Å²) < 4.78 is 34.0. The molecule has 0 fully saturated rings. The van der Waals surface area contributed by atoms with E-state index in [0.29, 0.717) is 11.1 Å². The summed E-state index contributed by atoms with van der Waals surface area (Å²) in [5.74, 6) is 0.0508. The van der Waals surface area contributed by atoms with Crippen molar-refractivity contribution in [2.75, 3.05) is 0 Å². The van der Waals surface area contributed by atoms with Crippen molar-refractivity contribution in [1.29, 1.82) is 0 Å². The van der Waals surface area contributed by atoms with Gasteiger partial charge in [0.2, 0.25) is 0 Å². The number of benzene rings is 1. The summed E-state index contributed by atoms with van der Waals surface area (Å²) in [4.78, 5) is -0.0278. The predicted octanol–water partition coefficient (Wildman–Crippen LogP) is 2.84. The van der Waals surface area contributed by atoms with E-state index in [1.807, 2.05) is 27.7 Å². The van der Waals surface area contributed by atoms with Gasteiger partial charge in [0.15, 0.2) is 0 Å². The average molecular weight is 241 g/mol. The van der Waals surface area contributed by atoms with Crippen LogP contribution in [0.3, 0.4) is 0 Å². The molecule has 0 bridgehead atoms. The van der Waals surface area contributed by atoms with Crippen LogP contribution in [0.5, 0.6) is 0 Å². The first-order valence-electron chi connectivity index (χ1n) is 5.33. The number of hydrogen-bond acceptors (Lipinski definition) is 3. The Morgan fingerprint density at radius 3 is 1.62 bits per heavy atom. The molecule has 0 unspecified atom stereocenters. The zero-order valence-corrected chi connectivity index (χ0v) is 10.8. The number of rotatable bonds is 3. The van der Waals surface area contributed by atoms with Crippen LogP contribution in [-0.4, -0.2) is 13.0 Å². The van der Waals surface area contributed by atoms with Crippen molar-refractivity contribution in [3.05, 3.63) is 29.3 Å². The van der Waals surface area contributed by atoms with Crippen molar-refractivity contribution in [2.45, 2.75) is 44.4 Å². The van der Waals surface area contributed by atoms with Gasteiger partial charge in [-0.3, -0.25) is 0 Å². The molecule has 16 heavy (non-hydrogen) atoms. The van der Waals surface area contributed by atoms with Crippen LogP contribution in [0, 0.1) is 0 Å². The normalized spacial score (nSPS) is 12.4. The second kappa shape index (κ2) is 4.55. The Morgan fingerprint density at radius 2 is 1.38 bits per heavy atom. The SMILES string of the molecule is CC(C)c1cccc(C(C)C)c1S(=O)(=O)[O-]. The van der Waals surface area contributed by atoms with Crippen molar-refractivity contribution < 1.29 is 13.0 Å². The summed E-state index contributed by atoms with van der Waals surface area (Å²) in [6, 6.07) is 5.22. The highest BCUT2D eigenvalue weighted by molar-refractivity contribution is 7.85. The largest absolute Gasteiger partial charge is 0.744 e. The smallest absolute Gasteiger partial charge is 0.124 e. The average Bonchev–Trinajstić information content (AvgIpc) is 2.15. The lowest BCUT2D eigenvalue weighted by atomic mass is 9.95. The molecule has 0 atom stereocenters. The topological polar surface area (TPSA) is 57.2 Å². The highest BCUT2D eigenvalue weighted by Crippen LogP contribution is 2.30. The molecule has 0 saturated heterocycles. The van der Waals surface area contributed by atoms with E-state index in [-0.39, 0.29) is 16.7 Å². The minimum absolute atomic E-state index is 0.0254. The van der Waals surface area contributed by atoms with Crippen molar-refractivity contribution in [1.82, 2.24) is 0 Å². The lowest BCUT2D eigenvalue weighted by Gasteiger charge is -2.21. The van der Waals surface area contributed by atoms with Gasteiger partial charge >= 0.3 is 0 Å². The van der Waals surface area contributed by atoms with Crippen molar-refractivity contribution in [3.8, 4) is 0 Å². The standard InChI is InChI=1S/C12H18O3S/c1-8(2)10-6-5-7-11(9(3)4)12(10)16(13,14)15/h5-9H,1-4H3,(H,13,14,15)/p-1. The van der Waals surface area contributed by atoms with Gasteiger partial charge in [0, 0.05) is 0 Å². The maximum absolute atomic E-state index is 11.3. The quantitative estimate of drug-likeness (QED) is 0.764. The van der Waals surface area contributed by atoms with E-state index < -0.39 is 10.1 Å². The van der Waals surface area contributed by atoms with Crippen LogP contribution < -0.4 is 0 Å². The molecule has 0 aromatic heterocycles.